The largest absolute Gasteiger partial charge is 0.507 e. The highest BCUT2D eigenvalue weighted by molar-refractivity contribution is 6.18. The van der Waals surface area contributed by atoms with Gasteiger partial charge in [-0.25, -0.2) is 0 Å². The van der Waals surface area contributed by atoms with E-state index in [0.29, 0.717) is 33.0 Å². The van der Waals surface area contributed by atoms with Crippen molar-refractivity contribution in [2.24, 2.45) is 0 Å². The number of fused-ring (bicyclic) bond motifs is 2. The average Bonchev–Trinajstić information content (AvgIpc) is 3.17. The summed E-state index contributed by atoms with van der Waals surface area (Å²) in [6.45, 7) is 31.1. The maximum absolute atomic E-state index is 12.1. The molecule has 4 aromatic rings. The number of phenols is 2. The molecule has 0 saturated carbocycles. The van der Waals surface area contributed by atoms with Crippen LogP contribution in [-0.4, -0.2) is 63.1 Å². The molecule has 0 spiro atoms. The zero-order chi connectivity index (χ0) is 39.0. The first-order valence-corrected chi connectivity index (χ1v) is 17.0. The van der Waals surface area contributed by atoms with Crippen molar-refractivity contribution in [3.8, 4) is 68.6 Å². The molecule has 0 bridgehead atoms. The summed E-state index contributed by atoms with van der Waals surface area (Å²) in [6, 6.07) is 6.10. The highest BCUT2D eigenvalue weighted by atomic mass is 16.5. The lowest BCUT2D eigenvalue weighted by Crippen LogP contribution is -2.06. The summed E-state index contributed by atoms with van der Waals surface area (Å²) in [5.41, 5.74) is 0.258. The summed E-state index contributed by atoms with van der Waals surface area (Å²) in [4.78, 5) is 0. The second-order valence-electron chi connectivity index (χ2n) is 11.2. The van der Waals surface area contributed by atoms with Crippen LogP contribution in [0.5, 0.6) is 57.5 Å². The standard InChI is InChI=1S/C44H46O10/c1-9-17-47-31-25-29(45)37(39-33(49-19-11-3)27-35(51-21-13-5)43(41(31)39)53-23-15-7)38-30(46)26-32(48-18-10-2)42-40(38)34(50-20-12-4)28-36(52-22-14-6)44(42)54-24-16-8/h9-16,25-28,45-46H,1-8,17-24H2. The van der Waals surface area contributed by atoms with Gasteiger partial charge in [0.25, 0.3) is 0 Å². The Morgan fingerprint density at radius 1 is 0.333 bits per heavy atom. The van der Waals surface area contributed by atoms with Crippen LogP contribution in [0, 0.1) is 0 Å². The molecule has 4 rings (SSSR count). The van der Waals surface area contributed by atoms with E-state index in [9.17, 15) is 10.2 Å². The molecular weight excluding hydrogens is 688 g/mol. The van der Waals surface area contributed by atoms with Crippen molar-refractivity contribution in [1.29, 1.82) is 0 Å². The lowest BCUT2D eigenvalue weighted by Gasteiger charge is -2.25. The molecule has 0 aromatic heterocycles. The Morgan fingerprint density at radius 2 is 0.574 bits per heavy atom. The molecule has 0 heterocycles. The number of benzene rings is 4. The van der Waals surface area contributed by atoms with Crippen molar-refractivity contribution >= 4 is 21.5 Å². The van der Waals surface area contributed by atoms with Gasteiger partial charge in [-0.2, -0.15) is 0 Å². The van der Waals surface area contributed by atoms with Crippen molar-refractivity contribution in [3.63, 3.8) is 0 Å². The molecule has 10 nitrogen and oxygen atoms in total. The van der Waals surface area contributed by atoms with E-state index in [4.69, 9.17) is 37.9 Å². The molecule has 0 fully saturated rings. The monoisotopic (exact) mass is 734 g/mol. The Hall–Kier alpha value is -6.68. The van der Waals surface area contributed by atoms with Crippen molar-refractivity contribution in [2.75, 3.05) is 52.9 Å². The first kappa shape index (κ1) is 40.1. The Balaban J connectivity index is 2.38. The molecule has 10 heteroatoms. The maximum atomic E-state index is 12.1. The minimum absolute atomic E-state index is 0.0686. The van der Waals surface area contributed by atoms with Crippen molar-refractivity contribution in [1.82, 2.24) is 0 Å². The zero-order valence-electron chi connectivity index (χ0n) is 30.4. The predicted molar refractivity (Wildman–Crippen MR) is 216 cm³/mol. The van der Waals surface area contributed by atoms with Gasteiger partial charge in [-0.15, -0.1) is 0 Å². The van der Waals surface area contributed by atoms with E-state index < -0.39 is 0 Å². The highest BCUT2D eigenvalue weighted by Crippen LogP contribution is 2.59. The molecule has 0 aliphatic rings. The second-order valence-corrected chi connectivity index (χ2v) is 11.2. The number of aromatic hydroxyl groups is 2. The van der Waals surface area contributed by atoms with E-state index >= 15 is 0 Å². The van der Waals surface area contributed by atoms with E-state index in [0.717, 1.165) is 0 Å². The molecule has 4 aromatic carbocycles. The predicted octanol–water partition coefficient (Wildman–Crippen LogP) is 9.59. The van der Waals surface area contributed by atoms with Crippen LogP contribution in [0.25, 0.3) is 32.7 Å². The third kappa shape index (κ3) is 8.67. The van der Waals surface area contributed by atoms with Crippen LogP contribution in [0.3, 0.4) is 0 Å². The first-order chi connectivity index (χ1) is 26.3. The molecule has 54 heavy (non-hydrogen) atoms. The summed E-state index contributed by atoms with van der Waals surface area (Å²) >= 11 is 0. The van der Waals surface area contributed by atoms with Gasteiger partial charge in [-0.05, 0) is 0 Å². The molecular formula is C44H46O10. The van der Waals surface area contributed by atoms with Gasteiger partial charge in [0, 0.05) is 46.2 Å². The Labute approximate surface area is 316 Å². The zero-order valence-corrected chi connectivity index (χ0v) is 30.4. The molecule has 282 valence electrons. The summed E-state index contributed by atoms with van der Waals surface area (Å²) in [6.07, 6.45) is 12.6. The Kier molecular flexibility index (Phi) is 14.7. The first-order valence-electron chi connectivity index (χ1n) is 17.0. The summed E-state index contributed by atoms with van der Waals surface area (Å²) in [7, 11) is 0. The number of phenolic OH excluding ortho intramolecular Hbond substituents is 2. The molecule has 0 aliphatic carbocycles. The number of ether oxygens (including phenoxy) is 8. The Bertz CT molecular complexity index is 1910. The van der Waals surface area contributed by atoms with Crippen molar-refractivity contribution in [2.45, 2.75) is 0 Å². The van der Waals surface area contributed by atoms with Crippen molar-refractivity contribution < 1.29 is 48.1 Å². The SMILES string of the molecule is C=CCOc1cc(OCC=C)c2c(-c3c(O)cc(OCC=C)c4c(OCC=C)c(OCC=C)cc(OCC=C)c34)c(O)cc(OCC=C)c2c1OCC=C. The summed E-state index contributed by atoms with van der Waals surface area (Å²) in [5.74, 6) is 1.44. The van der Waals surface area contributed by atoms with Gasteiger partial charge in [0.15, 0.2) is 23.0 Å². The number of rotatable bonds is 25. The van der Waals surface area contributed by atoms with Crippen LogP contribution in [0.1, 0.15) is 0 Å². The molecule has 0 radical (unpaired) electrons. The smallest absolute Gasteiger partial charge is 0.173 e. The number of hydrogen-bond acceptors (Lipinski definition) is 10. The van der Waals surface area contributed by atoms with Crippen LogP contribution in [0.2, 0.25) is 0 Å². The van der Waals surface area contributed by atoms with E-state index in [1.165, 1.54) is 12.1 Å². The minimum atomic E-state index is -0.286. The minimum Gasteiger partial charge on any atom is -0.507 e. The average molecular weight is 735 g/mol. The molecule has 0 atom stereocenters. The van der Waals surface area contributed by atoms with Crippen molar-refractivity contribution in [3.05, 3.63) is 126 Å². The molecule has 0 unspecified atom stereocenters. The summed E-state index contributed by atoms with van der Waals surface area (Å²) in [5, 5.41) is 25.6. The van der Waals surface area contributed by atoms with Gasteiger partial charge in [0.2, 0.25) is 0 Å². The van der Waals surface area contributed by atoms with Crippen LogP contribution < -0.4 is 37.9 Å². The van der Waals surface area contributed by atoms with Gasteiger partial charge in [0.1, 0.15) is 87.4 Å². The van der Waals surface area contributed by atoms with Gasteiger partial charge < -0.3 is 48.1 Å². The molecule has 0 amide bonds. The van der Waals surface area contributed by atoms with E-state index in [1.54, 1.807) is 60.7 Å². The van der Waals surface area contributed by atoms with Gasteiger partial charge >= 0.3 is 0 Å². The third-order valence-electron chi connectivity index (χ3n) is 7.54. The van der Waals surface area contributed by atoms with Crippen LogP contribution >= 0.6 is 0 Å². The van der Waals surface area contributed by atoms with Crippen LogP contribution in [0.15, 0.2) is 126 Å². The normalized spacial score (nSPS) is 10.4. The fourth-order valence-electron chi connectivity index (χ4n) is 5.63. The lowest BCUT2D eigenvalue weighted by atomic mass is 9.89. The highest BCUT2D eigenvalue weighted by Gasteiger charge is 2.31. The second kappa shape index (κ2) is 19.8. The Morgan fingerprint density at radius 3 is 0.852 bits per heavy atom. The van der Waals surface area contributed by atoms with Crippen LogP contribution in [-0.2, 0) is 0 Å². The fraction of sp³-hybridized carbons (Fsp3) is 0.182. The van der Waals surface area contributed by atoms with E-state index in [2.05, 4.69) is 52.6 Å². The van der Waals surface area contributed by atoms with Gasteiger partial charge in [0.05, 0.1) is 10.8 Å². The fourth-order valence-corrected chi connectivity index (χ4v) is 5.63. The van der Waals surface area contributed by atoms with Gasteiger partial charge in [-0.3, -0.25) is 0 Å². The number of hydrogen-bond donors (Lipinski definition) is 2. The molecule has 0 saturated heterocycles. The van der Waals surface area contributed by atoms with Crippen LogP contribution in [0.4, 0.5) is 0 Å². The molecule has 0 aliphatic heterocycles. The van der Waals surface area contributed by atoms with Gasteiger partial charge in [-0.1, -0.05) is 101 Å². The maximum Gasteiger partial charge on any atom is 0.173 e. The molecule has 2 N–H and O–H groups in total. The summed E-state index contributed by atoms with van der Waals surface area (Å²) < 4.78 is 49.5. The lowest BCUT2D eigenvalue weighted by molar-refractivity contribution is 0.305. The van der Waals surface area contributed by atoms with E-state index in [-0.39, 0.29) is 110 Å². The topological polar surface area (TPSA) is 114 Å². The third-order valence-corrected chi connectivity index (χ3v) is 7.54. The van der Waals surface area contributed by atoms with E-state index in [1.807, 2.05) is 0 Å². The quantitative estimate of drug-likeness (QED) is 0.0638.